The molecule has 6 nitrogen and oxygen atoms in total. The van der Waals surface area contributed by atoms with Crippen molar-refractivity contribution >= 4 is 5.82 Å². The standard InChI is InChI=1S/C25H16N6.Pt/c1-25(2,22-12-4-10-19(30-22)17-8-6-14-28-21(17)16-26)23-13-5-11-20(31-23)18-9-7-15-29-24(18)27-3;/h4-7,10-15H,1-2H3;/q-2;+2. The van der Waals surface area contributed by atoms with E-state index in [-0.39, 0.29) is 32.6 Å². The normalized spacial score (nSPS) is 10.5. The number of nitriles is 1. The van der Waals surface area contributed by atoms with Crippen LogP contribution in [0.4, 0.5) is 5.82 Å². The first kappa shape index (κ1) is 22.9. The Morgan fingerprint density at radius 1 is 0.906 bits per heavy atom. The first-order valence-corrected chi connectivity index (χ1v) is 9.51. The Hall–Kier alpha value is -3.73. The fraction of sp³-hybridized carbons (Fsp3) is 0.120. The smallest absolute Gasteiger partial charge is 0.341 e. The molecule has 4 aromatic rings. The molecule has 4 rings (SSSR count). The Morgan fingerprint density at radius 3 is 2.06 bits per heavy atom. The van der Waals surface area contributed by atoms with Crippen molar-refractivity contribution in [3.8, 4) is 28.6 Å². The van der Waals surface area contributed by atoms with Crippen LogP contribution in [-0.2, 0) is 26.5 Å². The summed E-state index contributed by atoms with van der Waals surface area (Å²) in [6.07, 6.45) is 3.09. The fourth-order valence-corrected chi connectivity index (χ4v) is 3.25. The molecule has 0 unspecified atom stereocenters. The van der Waals surface area contributed by atoms with Crippen molar-refractivity contribution in [3.05, 3.63) is 102 Å². The van der Waals surface area contributed by atoms with E-state index in [4.69, 9.17) is 16.5 Å². The zero-order valence-electron chi connectivity index (χ0n) is 17.3. The molecule has 0 spiro atoms. The average Bonchev–Trinajstić information content (AvgIpc) is 2.84. The molecule has 156 valence electrons. The van der Waals surface area contributed by atoms with Crippen LogP contribution < -0.4 is 0 Å². The third kappa shape index (κ3) is 4.33. The minimum absolute atomic E-state index is 0. The van der Waals surface area contributed by atoms with Gasteiger partial charge in [0.1, 0.15) is 0 Å². The molecule has 0 aliphatic rings. The Bertz CT molecular complexity index is 1250. The van der Waals surface area contributed by atoms with Gasteiger partial charge in [-0.15, -0.1) is 29.2 Å². The summed E-state index contributed by atoms with van der Waals surface area (Å²) in [6, 6.07) is 22.9. The summed E-state index contributed by atoms with van der Waals surface area (Å²) in [7, 11) is 0. The van der Waals surface area contributed by atoms with Crippen LogP contribution in [0.15, 0.2) is 60.9 Å². The quantitative estimate of drug-likeness (QED) is 0.312. The minimum atomic E-state index is -0.540. The number of hydrogen-bond acceptors (Lipinski definition) is 5. The summed E-state index contributed by atoms with van der Waals surface area (Å²) in [6.45, 7) is 11.4. The maximum absolute atomic E-state index is 9.37. The number of rotatable bonds is 4. The van der Waals surface area contributed by atoms with E-state index in [1.807, 2.05) is 50.2 Å². The molecule has 0 atom stereocenters. The van der Waals surface area contributed by atoms with Crippen LogP contribution in [0.5, 0.6) is 0 Å². The third-order valence-electron chi connectivity index (χ3n) is 4.97. The van der Waals surface area contributed by atoms with Crippen molar-refractivity contribution < 1.29 is 21.1 Å². The largest absolute Gasteiger partial charge is 2.00 e. The van der Waals surface area contributed by atoms with Gasteiger partial charge in [0.05, 0.1) is 18.0 Å². The van der Waals surface area contributed by atoms with Crippen LogP contribution in [0.25, 0.3) is 27.4 Å². The van der Waals surface area contributed by atoms with Gasteiger partial charge in [0.2, 0.25) is 0 Å². The van der Waals surface area contributed by atoms with E-state index < -0.39 is 5.41 Å². The molecule has 4 aromatic heterocycles. The molecule has 0 aromatic carbocycles. The second-order valence-corrected chi connectivity index (χ2v) is 7.27. The van der Waals surface area contributed by atoms with Gasteiger partial charge in [0.15, 0.2) is 0 Å². The van der Waals surface area contributed by atoms with Crippen molar-refractivity contribution in [3.63, 3.8) is 0 Å². The molecule has 32 heavy (non-hydrogen) atoms. The van der Waals surface area contributed by atoms with Gasteiger partial charge in [-0.1, -0.05) is 42.6 Å². The maximum Gasteiger partial charge on any atom is 2.00 e. The van der Waals surface area contributed by atoms with Crippen LogP contribution in [0.2, 0.25) is 0 Å². The van der Waals surface area contributed by atoms with Crippen LogP contribution in [0.1, 0.15) is 30.9 Å². The van der Waals surface area contributed by atoms with Crippen LogP contribution >= 0.6 is 0 Å². The van der Waals surface area contributed by atoms with Gasteiger partial charge in [-0.3, -0.25) is 4.98 Å². The zero-order valence-corrected chi connectivity index (χ0v) is 19.5. The van der Waals surface area contributed by atoms with Gasteiger partial charge in [0, 0.05) is 16.8 Å². The molecule has 0 bridgehead atoms. The number of nitrogens with zero attached hydrogens (tertiary/aromatic N) is 6. The van der Waals surface area contributed by atoms with Crippen molar-refractivity contribution in [2.24, 2.45) is 0 Å². The molecule has 0 amide bonds. The van der Waals surface area contributed by atoms with Crippen LogP contribution in [-0.4, -0.2) is 19.9 Å². The van der Waals surface area contributed by atoms with Crippen molar-refractivity contribution in [2.45, 2.75) is 19.3 Å². The molecular formula is C25H16N6Pt. The second kappa shape index (κ2) is 9.60. The van der Waals surface area contributed by atoms with E-state index >= 15 is 0 Å². The Kier molecular flexibility index (Phi) is 6.88. The summed E-state index contributed by atoms with van der Waals surface area (Å²) in [4.78, 5) is 21.3. The number of pyridine rings is 4. The monoisotopic (exact) mass is 595 g/mol. The predicted octanol–water partition coefficient (Wildman–Crippen LogP) is 4.95. The van der Waals surface area contributed by atoms with Gasteiger partial charge >= 0.3 is 26.9 Å². The van der Waals surface area contributed by atoms with E-state index in [1.54, 1.807) is 18.3 Å². The van der Waals surface area contributed by atoms with E-state index in [1.165, 1.54) is 6.20 Å². The summed E-state index contributed by atoms with van der Waals surface area (Å²) < 4.78 is 0. The van der Waals surface area contributed by atoms with E-state index in [9.17, 15) is 5.26 Å². The van der Waals surface area contributed by atoms with Gasteiger partial charge in [-0.05, 0) is 42.9 Å². The molecule has 0 fully saturated rings. The zero-order chi connectivity index (χ0) is 21.8. The molecule has 0 radical (unpaired) electrons. The minimum Gasteiger partial charge on any atom is -0.341 e. The molecule has 0 aliphatic heterocycles. The van der Waals surface area contributed by atoms with Gasteiger partial charge in [0.25, 0.3) is 0 Å². The Balaban J connectivity index is 0.00000289. The molecule has 7 heteroatoms. The summed E-state index contributed by atoms with van der Waals surface area (Å²) >= 11 is 0. The Labute approximate surface area is 201 Å². The van der Waals surface area contributed by atoms with Crippen LogP contribution in [0.3, 0.4) is 0 Å². The van der Waals surface area contributed by atoms with Crippen molar-refractivity contribution in [2.75, 3.05) is 0 Å². The third-order valence-corrected chi connectivity index (χ3v) is 4.97. The average molecular weight is 596 g/mol. The van der Waals surface area contributed by atoms with E-state index in [0.29, 0.717) is 22.5 Å². The number of hydrogen-bond donors (Lipinski definition) is 0. The molecular weight excluding hydrogens is 579 g/mol. The SMILES string of the molecule is [C-]#[N+]c1ncc[c-]c1-c1cccc(C(C)(C)c2cccc(-c3[c-]ccnc3C#N)n2)n1.[Pt+2]. The van der Waals surface area contributed by atoms with E-state index in [2.05, 4.69) is 33.0 Å². The molecule has 0 saturated heterocycles. The molecule has 0 aliphatic carbocycles. The topological polar surface area (TPSA) is 79.7 Å². The van der Waals surface area contributed by atoms with Gasteiger partial charge in [-0.25, -0.2) is 5.26 Å². The second-order valence-electron chi connectivity index (χ2n) is 7.27. The maximum atomic E-state index is 9.37. The first-order chi connectivity index (χ1) is 15.0. The molecule has 0 saturated carbocycles. The van der Waals surface area contributed by atoms with E-state index in [0.717, 1.165) is 11.4 Å². The number of aromatic nitrogens is 4. The van der Waals surface area contributed by atoms with Crippen molar-refractivity contribution in [1.29, 1.82) is 5.26 Å². The van der Waals surface area contributed by atoms with Gasteiger partial charge in [-0.2, -0.15) is 0 Å². The fourth-order valence-electron chi connectivity index (χ4n) is 3.25. The summed E-state index contributed by atoms with van der Waals surface area (Å²) in [5.41, 5.74) is 3.72. The van der Waals surface area contributed by atoms with Gasteiger partial charge < -0.3 is 14.8 Å². The van der Waals surface area contributed by atoms with Crippen molar-refractivity contribution in [1.82, 2.24) is 19.9 Å². The molecule has 0 N–H and O–H groups in total. The predicted molar refractivity (Wildman–Crippen MR) is 116 cm³/mol. The molecule has 4 heterocycles. The summed E-state index contributed by atoms with van der Waals surface area (Å²) in [5.74, 6) is 0.265. The first-order valence-electron chi connectivity index (χ1n) is 9.51. The van der Waals surface area contributed by atoms with Crippen LogP contribution in [0, 0.1) is 30.0 Å². The summed E-state index contributed by atoms with van der Waals surface area (Å²) in [5, 5.41) is 9.37. The Morgan fingerprint density at radius 2 is 1.47 bits per heavy atom.